The molecule has 0 saturated carbocycles. The zero-order chi connectivity index (χ0) is 11.4. The van der Waals surface area contributed by atoms with Crippen molar-refractivity contribution >= 4 is 6.16 Å². The molecule has 1 aromatic heterocycles. The summed E-state index contributed by atoms with van der Waals surface area (Å²) in [5.41, 5.74) is -0.214. The van der Waals surface area contributed by atoms with Crippen LogP contribution in [0.1, 0.15) is 12.6 Å². The number of aromatic amines is 1. The van der Waals surface area contributed by atoms with E-state index in [0.29, 0.717) is 5.69 Å². The van der Waals surface area contributed by atoms with Crippen molar-refractivity contribution < 1.29 is 19.4 Å². The molecule has 0 bridgehead atoms. The molecule has 0 aliphatic rings. The molecule has 0 aliphatic carbocycles. The van der Waals surface area contributed by atoms with Crippen molar-refractivity contribution in [1.82, 2.24) is 4.98 Å². The number of hydrogen-bond donors (Lipinski definition) is 2. The van der Waals surface area contributed by atoms with Gasteiger partial charge in [0.25, 0.3) is 5.56 Å². The molecule has 0 fully saturated rings. The van der Waals surface area contributed by atoms with Gasteiger partial charge in [0.05, 0.1) is 6.61 Å². The normalized spacial score (nSPS) is 9.73. The molecule has 1 heterocycles. The fourth-order valence-corrected chi connectivity index (χ4v) is 0.988. The molecule has 0 atom stereocenters. The Kier molecular flexibility index (Phi) is 3.33. The number of carbonyl (C=O) groups is 1. The SMILES string of the molecule is CCOC(=O)Oc1c(O)cc(C)[nH]c1=O. The van der Waals surface area contributed by atoms with Gasteiger partial charge in [-0.2, -0.15) is 0 Å². The van der Waals surface area contributed by atoms with Crippen molar-refractivity contribution in [2.45, 2.75) is 13.8 Å². The topological polar surface area (TPSA) is 88.6 Å². The number of H-pyrrole nitrogens is 1. The lowest BCUT2D eigenvalue weighted by atomic mass is 10.3. The molecule has 1 rings (SSSR count). The first-order valence-corrected chi connectivity index (χ1v) is 4.32. The molecule has 0 saturated heterocycles. The van der Waals surface area contributed by atoms with Crippen molar-refractivity contribution in [3.8, 4) is 11.5 Å². The lowest BCUT2D eigenvalue weighted by molar-refractivity contribution is 0.102. The average molecular weight is 213 g/mol. The zero-order valence-corrected chi connectivity index (χ0v) is 8.36. The van der Waals surface area contributed by atoms with Crippen molar-refractivity contribution in [3.05, 3.63) is 22.1 Å². The third kappa shape index (κ3) is 2.73. The number of carbonyl (C=O) groups excluding carboxylic acids is 1. The number of aromatic hydroxyl groups is 1. The van der Waals surface area contributed by atoms with Crippen LogP contribution in [0.15, 0.2) is 10.9 Å². The van der Waals surface area contributed by atoms with Crippen LogP contribution in [0, 0.1) is 6.92 Å². The van der Waals surface area contributed by atoms with Gasteiger partial charge in [0, 0.05) is 11.8 Å². The monoisotopic (exact) mass is 213 g/mol. The van der Waals surface area contributed by atoms with E-state index in [4.69, 9.17) is 0 Å². The Balaban J connectivity index is 2.95. The highest BCUT2D eigenvalue weighted by molar-refractivity contribution is 5.64. The van der Waals surface area contributed by atoms with Crippen molar-refractivity contribution in [2.75, 3.05) is 6.61 Å². The summed E-state index contributed by atoms with van der Waals surface area (Å²) in [5.74, 6) is -0.858. The maximum absolute atomic E-state index is 11.3. The molecule has 0 radical (unpaired) electrons. The number of aryl methyl sites for hydroxylation is 1. The molecule has 0 unspecified atom stereocenters. The minimum atomic E-state index is -1.03. The van der Waals surface area contributed by atoms with Crippen LogP contribution in [0.4, 0.5) is 4.79 Å². The van der Waals surface area contributed by atoms with E-state index in [1.54, 1.807) is 13.8 Å². The maximum Gasteiger partial charge on any atom is 0.514 e. The smallest absolute Gasteiger partial charge is 0.504 e. The van der Waals surface area contributed by atoms with E-state index in [0.717, 1.165) is 0 Å². The second kappa shape index (κ2) is 4.50. The van der Waals surface area contributed by atoms with Gasteiger partial charge in [-0.15, -0.1) is 0 Å². The van der Waals surface area contributed by atoms with E-state index in [1.807, 2.05) is 0 Å². The molecule has 6 heteroatoms. The molecule has 0 amide bonds. The third-order valence-electron chi connectivity index (χ3n) is 1.55. The van der Waals surface area contributed by atoms with Crippen LogP contribution in [0.3, 0.4) is 0 Å². The summed E-state index contributed by atoms with van der Waals surface area (Å²) in [4.78, 5) is 24.5. The molecule has 1 aromatic rings. The number of hydrogen-bond acceptors (Lipinski definition) is 5. The van der Waals surface area contributed by atoms with E-state index >= 15 is 0 Å². The van der Waals surface area contributed by atoms with Crippen LogP contribution in [0.2, 0.25) is 0 Å². The largest absolute Gasteiger partial charge is 0.514 e. The number of rotatable bonds is 2. The number of pyridine rings is 1. The first kappa shape index (κ1) is 11.1. The molecule has 0 aromatic carbocycles. The Morgan fingerprint density at radius 3 is 2.80 bits per heavy atom. The summed E-state index contributed by atoms with van der Waals surface area (Å²) < 4.78 is 8.98. The van der Waals surface area contributed by atoms with Crippen molar-refractivity contribution in [3.63, 3.8) is 0 Å². The second-order valence-electron chi connectivity index (χ2n) is 2.78. The Bertz CT molecular complexity index is 423. The minimum absolute atomic E-state index is 0.128. The van der Waals surface area contributed by atoms with Gasteiger partial charge in [-0.25, -0.2) is 4.79 Å². The van der Waals surface area contributed by atoms with E-state index in [-0.39, 0.29) is 6.61 Å². The predicted molar refractivity (Wildman–Crippen MR) is 51.1 cm³/mol. The molecule has 6 nitrogen and oxygen atoms in total. The van der Waals surface area contributed by atoms with Gasteiger partial charge in [-0.1, -0.05) is 0 Å². The molecular weight excluding hydrogens is 202 g/mol. The summed E-state index contributed by atoms with van der Waals surface area (Å²) in [6.45, 7) is 3.32. The van der Waals surface area contributed by atoms with Crippen LogP contribution in [0.5, 0.6) is 11.5 Å². The van der Waals surface area contributed by atoms with E-state index < -0.39 is 23.2 Å². The standard InChI is InChI=1S/C9H11NO5/c1-3-14-9(13)15-7-6(11)4-5(2)10-8(7)12/h4H,3H2,1-2H3,(H2,10,11,12). The maximum atomic E-state index is 11.3. The van der Waals surface area contributed by atoms with Crippen molar-refractivity contribution in [2.24, 2.45) is 0 Å². The first-order chi connectivity index (χ1) is 7.04. The highest BCUT2D eigenvalue weighted by Gasteiger charge is 2.14. The van der Waals surface area contributed by atoms with Gasteiger partial charge < -0.3 is 19.6 Å². The highest BCUT2D eigenvalue weighted by atomic mass is 16.7. The Morgan fingerprint density at radius 2 is 2.27 bits per heavy atom. The van der Waals surface area contributed by atoms with Gasteiger partial charge in [0.2, 0.25) is 5.75 Å². The zero-order valence-electron chi connectivity index (χ0n) is 8.36. The number of ether oxygens (including phenoxy) is 2. The summed E-state index contributed by atoms with van der Waals surface area (Å²) in [6, 6.07) is 1.27. The van der Waals surface area contributed by atoms with Crippen LogP contribution < -0.4 is 10.3 Å². The number of aromatic nitrogens is 1. The molecule has 0 aliphatic heterocycles. The lowest BCUT2D eigenvalue weighted by Gasteiger charge is -2.05. The Labute approximate surface area is 85.5 Å². The molecule has 82 valence electrons. The van der Waals surface area contributed by atoms with Gasteiger partial charge in [0.15, 0.2) is 5.75 Å². The fraction of sp³-hybridized carbons (Fsp3) is 0.333. The van der Waals surface area contributed by atoms with Gasteiger partial charge in [0.1, 0.15) is 0 Å². The summed E-state index contributed by atoms with van der Waals surface area (Å²) >= 11 is 0. The first-order valence-electron chi connectivity index (χ1n) is 4.32. The Hall–Kier alpha value is -1.98. The second-order valence-corrected chi connectivity index (χ2v) is 2.78. The van der Waals surface area contributed by atoms with Gasteiger partial charge in [-0.05, 0) is 13.8 Å². The molecular formula is C9H11NO5. The molecule has 15 heavy (non-hydrogen) atoms. The summed E-state index contributed by atoms with van der Waals surface area (Å²) in [7, 11) is 0. The number of nitrogens with one attached hydrogen (secondary N) is 1. The highest BCUT2D eigenvalue weighted by Crippen LogP contribution is 2.20. The summed E-state index contributed by atoms with van der Waals surface area (Å²) in [6.07, 6.45) is -1.03. The van der Waals surface area contributed by atoms with E-state index in [2.05, 4.69) is 14.5 Å². The molecule has 0 spiro atoms. The van der Waals surface area contributed by atoms with E-state index in [1.165, 1.54) is 6.07 Å². The molecule has 2 N–H and O–H groups in total. The minimum Gasteiger partial charge on any atom is -0.504 e. The van der Waals surface area contributed by atoms with Crippen LogP contribution in [-0.4, -0.2) is 22.9 Å². The quantitative estimate of drug-likeness (QED) is 0.713. The van der Waals surface area contributed by atoms with Crippen LogP contribution in [-0.2, 0) is 4.74 Å². The summed E-state index contributed by atoms with van der Waals surface area (Å²) in [5, 5.41) is 9.34. The fourth-order valence-electron chi connectivity index (χ4n) is 0.988. The van der Waals surface area contributed by atoms with Crippen LogP contribution in [0.25, 0.3) is 0 Å². The predicted octanol–water partition coefficient (Wildman–Crippen LogP) is 0.924. The van der Waals surface area contributed by atoms with Crippen LogP contribution >= 0.6 is 0 Å². The Morgan fingerprint density at radius 1 is 1.60 bits per heavy atom. The van der Waals surface area contributed by atoms with E-state index in [9.17, 15) is 14.7 Å². The van der Waals surface area contributed by atoms with Crippen molar-refractivity contribution in [1.29, 1.82) is 0 Å². The average Bonchev–Trinajstić information content (AvgIpc) is 2.11. The van der Waals surface area contributed by atoms with Gasteiger partial charge >= 0.3 is 6.16 Å². The lowest BCUT2D eigenvalue weighted by Crippen LogP contribution is -2.18. The third-order valence-corrected chi connectivity index (χ3v) is 1.55. The van der Waals surface area contributed by atoms with Gasteiger partial charge in [-0.3, -0.25) is 4.79 Å².